The Bertz CT molecular complexity index is 522. The van der Waals surface area contributed by atoms with Crippen molar-refractivity contribution in [3.05, 3.63) is 42.1 Å². The van der Waals surface area contributed by atoms with Gasteiger partial charge in [-0.2, -0.15) is 0 Å². The van der Waals surface area contributed by atoms with Crippen LogP contribution in [-0.4, -0.2) is 11.0 Å². The van der Waals surface area contributed by atoms with Gasteiger partial charge in [0.15, 0.2) is 0 Å². The highest BCUT2D eigenvalue weighted by Gasteiger charge is 2.03. The van der Waals surface area contributed by atoms with Crippen LogP contribution >= 0.6 is 0 Å². The molecule has 2 heteroatoms. The van der Waals surface area contributed by atoms with E-state index in [2.05, 4.69) is 49.5 Å². The Morgan fingerprint density at radius 2 is 1.90 bits per heavy atom. The third-order valence-corrected chi connectivity index (χ3v) is 3.78. The normalized spacial score (nSPS) is 12.7. The average molecular weight is 270 g/mol. The smallest absolute Gasteiger partial charge is 0.0705 e. The second-order valence-electron chi connectivity index (χ2n) is 5.63. The van der Waals surface area contributed by atoms with Crippen molar-refractivity contribution in [3.63, 3.8) is 0 Å². The molecule has 1 aromatic carbocycles. The van der Waals surface area contributed by atoms with Crippen LogP contribution in [0.2, 0.25) is 0 Å². The summed E-state index contributed by atoms with van der Waals surface area (Å²) in [6.45, 7) is 5.39. The highest BCUT2D eigenvalue weighted by atomic mass is 14.9. The van der Waals surface area contributed by atoms with Gasteiger partial charge in [0, 0.05) is 18.0 Å². The average Bonchev–Trinajstić information content (AvgIpc) is 2.49. The molecule has 0 aliphatic carbocycles. The largest absolute Gasteiger partial charge is 0.309 e. The number of rotatable bonds is 8. The predicted molar refractivity (Wildman–Crippen MR) is 86.8 cm³/mol. The number of nitrogens with zero attached hydrogens (tertiary/aromatic N) is 1. The van der Waals surface area contributed by atoms with Gasteiger partial charge < -0.3 is 5.32 Å². The van der Waals surface area contributed by atoms with E-state index in [0.717, 1.165) is 17.8 Å². The maximum absolute atomic E-state index is 4.69. The molecule has 1 N–H and O–H groups in total. The maximum Gasteiger partial charge on any atom is 0.0705 e. The zero-order valence-electron chi connectivity index (χ0n) is 12.7. The molecule has 20 heavy (non-hydrogen) atoms. The van der Waals surface area contributed by atoms with E-state index in [9.17, 15) is 0 Å². The van der Waals surface area contributed by atoms with Gasteiger partial charge >= 0.3 is 0 Å². The summed E-state index contributed by atoms with van der Waals surface area (Å²) in [6, 6.07) is 13.1. The van der Waals surface area contributed by atoms with Crippen molar-refractivity contribution in [2.24, 2.45) is 0 Å². The molecule has 1 unspecified atom stereocenters. The van der Waals surface area contributed by atoms with E-state index in [-0.39, 0.29) is 0 Å². The molecular weight excluding hydrogens is 244 g/mol. The lowest BCUT2D eigenvalue weighted by atomic mass is 10.1. The van der Waals surface area contributed by atoms with E-state index in [4.69, 9.17) is 4.98 Å². The molecule has 108 valence electrons. The van der Waals surface area contributed by atoms with Crippen molar-refractivity contribution in [3.8, 4) is 0 Å². The van der Waals surface area contributed by atoms with Crippen LogP contribution in [0.3, 0.4) is 0 Å². The first-order valence-corrected chi connectivity index (χ1v) is 7.87. The highest BCUT2D eigenvalue weighted by molar-refractivity contribution is 5.78. The van der Waals surface area contributed by atoms with E-state index >= 15 is 0 Å². The number of para-hydroxylation sites is 1. The second-order valence-corrected chi connectivity index (χ2v) is 5.63. The summed E-state index contributed by atoms with van der Waals surface area (Å²) >= 11 is 0. The van der Waals surface area contributed by atoms with Crippen LogP contribution in [0.25, 0.3) is 10.9 Å². The molecular formula is C18H26N2. The first kappa shape index (κ1) is 15.0. The van der Waals surface area contributed by atoms with Gasteiger partial charge in [-0.05, 0) is 25.5 Å². The van der Waals surface area contributed by atoms with Gasteiger partial charge in [0.2, 0.25) is 0 Å². The van der Waals surface area contributed by atoms with Crippen molar-refractivity contribution >= 4 is 10.9 Å². The van der Waals surface area contributed by atoms with Crippen LogP contribution in [0.15, 0.2) is 36.4 Å². The number of pyridine rings is 1. The lowest BCUT2D eigenvalue weighted by Gasteiger charge is -2.13. The van der Waals surface area contributed by atoms with Crippen LogP contribution in [0.5, 0.6) is 0 Å². The van der Waals surface area contributed by atoms with Gasteiger partial charge in [0.1, 0.15) is 0 Å². The first-order valence-electron chi connectivity index (χ1n) is 7.87. The second kappa shape index (κ2) is 8.01. The molecule has 1 heterocycles. The number of benzene rings is 1. The molecule has 0 bridgehead atoms. The summed E-state index contributed by atoms with van der Waals surface area (Å²) in [5.74, 6) is 0. The SMILES string of the molecule is CCCCCCC(C)NCc1ccc2ccccc2n1. The van der Waals surface area contributed by atoms with Crippen LogP contribution in [0.1, 0.15) is 51.6 Å². The summed E-state index contributed by atoms with van der Waals surface area (Å²) in [6.07, 6.45) is 6.61. The van der Waals surface area contributed by atoms with Crippen molar-refractivity contribution in [2.75, 3.05) is 0 Å². The van der Waals surface area contributed by atoms with Gasteiger partial charge in [-0.25, -0.2) is 0 Å². The fourth-order valence-corrected chi connectivity index (χ4v) is 2.46. The molecule has 2 nitrogen and oxygen atoms in total. The Morgan fingerprint density at radius 1 is 1.05 bits per heavy atom. The van der Waals surface area contributed by atoms with E-state index in [1.165, 1.54) is 37.5 Å². The van der Waals surface area contributed by atoms with Gasteiger partial charge in [-0.3, -0.25) is 4.98 Å². The van der Waals surface area contributed by atoms with Gasteiger partial charge in [0.25, 0.3) is 0 Å². The molecule has 0 saturated heterocycles. The molecule has 0 fully saturated rings. The van der Waals surface area contributed by atoms with E-state index < -0.39 is 0 Å². The monoisotopic (exact) mass is 270 g/mol. The van der Waals surface area contributed by atoms with Gasteiger partial charge in [0.05, 0.1) is 11.2 Å². The summed E-state index contributed by atoms with van der Waals surface area (Å²) in [7, 11) is 0. The fraction of sp³-hybridized carbons (Fsp3) is 0.500. The molecule has 0 saturated carbocycles. The number of hydrogen-bond acceptors (Lipinski definition) is 2. The number of aromatic nitrogens is 1. The van der Waals surface area contributed by atoms with Crippen LogP contribution < -0.4 is 5.32 Å². The van der Waals surface area contributed by atoms with E-state index in [0.29, 0.717) is 6.04 Å². The van der Waals surface area contributed by atoms with Gasteiger partial charge in [-0.1, -0.05) is 56.9 Å². The molecule has 2 rings (SSSR count). The Hall–Kier alpha value is -1.41. The Kier molecular flexibility index (Phi) is 6.00. The summed E-state index contributed by atoms with van der Waals surface area (Å²) in [5, 5.41) is 4.79. The zero-order chi connectivity index (χ0) is 14.2. The minimum atomic E-state index is 0.570. The maximum atomic E-state index is 4.69. The molecule has 0 amide bonds. The summed E-state index contributed by atoms with van der Waals surface area (Å²) in [5.41, 5.74) is 2.21. The zero-order valence-corrected chi connectivity index (χ0v) is 12.7. The lowest BCUT2D eigenvalue weighted by Crippen LogP contribution is -2.25. The van der Waals surface area contributed by atoms with Crippen molar-refractivity contribution in [2.45, 2.75) is 58.5 Å². The van der Waals surface area contributed by atoms with Gasteiger partial charge in [-0.15, -0.1) is 0 Å². The Balaban J connectivity index is 1.80. The quantitative estimate of drug-likeness (QED) is 0.704. The molecule has 0 radical (unpaired) electrons. The molecule has 0 aliphatic rings. The highest BCUT2D eigenvalue weighted by Crippen LogP contribution is 2.12. The summed E-state index contributed by atoms with van der Waals surface area (Å²) < 4.78 is 0. The Morgan fingerprint density at radius 3 is 2.75 bits per heavy atom. The first-order chi connectivity index (χ1) is 9.79. The third kappa shape index (κ3) is 4.61. The number of fused-ring (bicyclic) bond motifs is 1. The van der Waals surface area contributed by atoms with Crippen molar-refractivity contribution in [1.29, 1.82) is 0 Å². The number of unbranched alkanes of at least 4 members (excludes halogenated alkanes) is 3. The molecule has 0 spiro atoms. The Labute approximate surface area is 122 Å². The topological polar surface area (TPSA) is 24.9 Å². The van der Waals surface area contributed by atoms with E-state index in [1.807, 2.05) is 6.07 Å². The molecule has 2 aromatic rings. The fourth-order valence-electron chi connectivity index (χ4n) is 2.46. The standard InChI is InChI=1S/C18H26N2/c1-3-4-5-6-9-15(2)19-14-17-13-12-16-10-7-8-11-18(16)20-17/h7-8,10-13,15,19H,3-6,9,14H2,1-2H3. The van der Waals surface area contributed by atoms with Crippen LogP contribution in [0.4, 0.5) is 0 Å². The minimum Gasteiger partial charge on any atom is -0.309 e. The number of hydrogen-bond donors (Lipinski definition) is 1. The predicted octanol–water partition coefficient (Wildman–Crippen LogP) is 4.68. The van der Waals surface area contributed by atoms with Crippen LogP contribution in [0, 0.1) is 0 Å². The van der Waals surface area contributed by atoms with Crippen LogP contribution in [-0.2, 0) is 6.54 Å². The van der Waals surface area contributed by atoms with Crippen molar-refractivity contribution < 1.29 is 0 Å². The van der Waals surface area contributed by atoms with Crippen molar-refractivity contribution in [1.82, 2.24) is 10.3 Å². The minimum absolute atomic E-state index is 0.570. The summed E-state index contributed by atoms with van der Waals surface area (Å²) in [4.78, 5) is 4.69. The molecule has 1 atom stereocenters. The third-order valence-electron chi connectivity index (χ3n) is 3.78. The van der Waals surface area contributed by atoms with E-state index in [1.54, 1.807) is 0 Å². The lowest BCUT2D eigenvalue weighted by molar-refractivity contribution is 0.480. The number of nitrogens with one attached hydrogen (secondary N) is 1. The molecule has 1 aromatic heterocycles. The molecule has 0 aliphatic heterocycles.